The molecule has 0 bridgehead atoms. The zero-order valence-corrected chi connectivity index (χ0v) is 20.2. The van der Waals surface area contributed by atoms with Crippen LogP contribution in [0.3, 0.4) is 0 Å². The summed E-state index contributed by atoms with van der Waals surface area (Å²) in [5.41, 5.74) is 4.01. The van der Waals surface area contributed by atoms with Gasteiger partial charge < -0.3 is 10.1 Å². The maximum Gasteiger partial charge on any atom is 0.258 e. The number of carbonyl (C=O) groups excluding carboxylic acids is 2. The number of rotatable bonds is 9. The number of allylic oxidation sites excluding steroid dienone is 1. The molecule has 5 nitrogen and oxygen atoms in total. The molecule has 0 radical (unpaired) electrons. The van der Waals surface area contributed by atoms with E-state index in [-0.39, 0.29) is 24.3 Å². The molecule has 1 heterocycles. The third-order valence-corrected chi connectivity index (χ3v) is 6.21. The van der Waals surface area contributed by atoms with E-state index in [0.717, 1.165) is 43.6 Å². The lowest BCUT2D eigenvalue weighted by Crippen LogP contribution is -2.45. The second-order valence-corrected chi connectivity index (χ2v) is 9.02. The molecule has 1 saturated heterocycles. The van der Waals surface area contributed by atoms with E-state index in [0.29, 0.717) is 11.3 Å². The molecule has 1 aliphatic rings. The Kier molecular flexibility index (Phi) is 8.47. The highest BCUT2D eigenvalue weighted by Crippen LogP contribution is 2.16. The number of amides is 1. The molecule has 1 fully saturated rings. The molecule has 1 amide bonds. The van der Waals surface area contributed by atoms with Crippen molar-refractivity contribution in [3.05, 3.63) is 107 Å². The molecule has 3 aromatic carbocycles. The average Bonchev–Trinajstić information content (AvgIpc) is 2.89. The lowest BCUT2D eigenvalue weighted by atomic mass is 10.0. The highest BCUT2D eigenvalue weighted by molar-refractivity contribution is 6.06. The van der Waals surface area contributed by atoms with Crippen molar-refractivity contribution >= 4 is 17.8 Å². The van der Waals surface area contributed by atoms with Crippen molar-refractivity contribution in [1.29, 1.82) is 0 Å². The van der Waals surface area contributed by atoms with Gasteiger partial charge in [-0.15, -0.1) is 0 Å². The first-order valence-electron chi connectivity index (χ1n) is 12.1. The van der Waals surface area contributed by atoms with Crippen LogP contribution < -0.4 is 10.1 Å². The van der Waals surface area contributed by atoms with Gasteiger partial charge in [-0.3, -0.25) is 14.5 Å². The number of aryl methyl sites for hydroxylation is 1. The quantitative estimate of drug-likeness (QED) is 0.353. The molecule has 1 aliphatic heterocycles. The van der Waals surface area contributed by atoms with E-state index in [1.54, 1.807) is 12.2 Å². The molecule has 4 rings (SSSR count). The first kappa shape index (κ1) is 24.4. The van der Waals surface area contributed by atoms with Gasteiger partial charge in [0.05, 0.1) is 0 Å². The van der Waals surface area contributed by atoms with Crippen molar-refractivity contribution in [1.82, 2.24) is 10.2 Å². The largest absolute Gasteiger partial charge is 0.484 e. The van der Waals surface area contributed by atoms with Gasteiger partial charge in [0, 0.05) is 31.2 Å². The molecule has 5 heteroatoms. The summed E-state index contributed by atoms with van der Waals surface area (Å²) in [6.45, 7) is 4.89. The van der Waals surface area contributed by atoms with Gasteiger partial charge in [-0.05, 0) is 49.1 Å². The fourth-order valence-electron chi connectivity index (χ4n) is 4.16. The molecule has 180 valence electrons. The van der Waals surface area contributed by atoms with E-state index in [1.807, 2.05) is 61.5 Å². The summed E-state index contributed by atoms with van der Waals surface area (Å²) in [5.74, 6) is 0.493. The number of hydrogen-bond acceptors (Lipinski definition) is 4. The standard InChI is InChI=1S/C30H32N2O3/c1-23-7-12-26(13-8-23)29(33)16-11-24-9-14-28(15-10-24)35-22-30(34)31-27-17-19-32(20-18-27)21-25-5-3-2-4-6-25/h2-16,27H,17-22H2,1H3,(H,31,34). The van der Waals surface area contributed by atoms with Gasteiger partial charge in [-0.25, -0.2) is 0 Å². The summed E-state index contributed by atoms with van der Waals surface area (Å²) in [5, 5.41) is 3.10. The smallest absolute Gasteiger partial charge is 0.258 e. The highest BCUT2D eigenvalue weighted by Gasteiger charge is 2.20. The maximum absolute atomic E-state index is 12.4. The number of nitrogens with zero attached hydrogens (tertiary/aromatic N) is 1. The van der Waals surface area contributed by atoms with Crippen LogP contribution in [0, 0.1) is 6.92 Å². The second kappa shape index (κ2) is 12.1. The van der Waals surface area contributed by atoms with Crippen molar-refractivity contribution in [3.8, 4) is 5.75 Å². The van der Waals surface area contributed by atoms with Gasteiger partial charge >= 0.3 is 0 Å². The van der Waals surface area contributed by atoms with Crippen molar-refractivity contribution in [3.63, 3.8) is 0 Å². The zero-order chi connectivity index (χ0) is 24.5. The molecule has 0 aliphatic carbocycles. The number of benzene rings is 3. The zero-order valence-electron chi connectivity index (χ0n) is 20.2. The Labute approximate surface area is 207 Å². The minimum absolute atomic E-state index is 0.00861. The van der Waals surface area contributed by atoms with Crippen molar-refractivity contribution in [2.75, 3.05) is 19.7 Å². The lowest BCUT2D eigenvalue weighted by Gasteiger charge is -2.32. The van der Waals surface area contributed by atoms with E-state index >= 15 is 0 Å². The van der Waals surface area contributed by atoms with Crippen LogP contribution in [0.15, 0.2) is 84.9 Å². The molecule has 35 heavy (non-hydrogen) atoms. The number of ketones is 1. The fourth-order valence-corrected chi connectivity index (χ4v) is 4.16. The third kappa shape index (κ3) is 7.66. The fraction of sp³-hybridized carbons (Fsp3) is 0.267. The highest BCUT2D eigenvalue weighted by atomic mass is 16.5. The number of hydrogen-bond donors (Lipinski definition) is 1. The summed E-state index contributed by atoms with van der Waals surface area (Å²) >= 11 is 0. The van der Waals surface area contributed by atoms with Crippen LogP contribution in [0.25, 0.3) is 6.08 Å². The van der Waals surface area contributed by atoms with Crippen LogP contribution in [0.2, 0.25) is 0 Å². The molecule has 0 spiro atoms. The summed E-state index contributed by atoms with van der Waals surface area (Å²) in [4.78, 5) is 27.1. The van der Waals surface area contributed by atoms with E-state index < -0.39 is 0 Å². The summed E-state index contributed by atoms with van der Waals surface area (Å²) in [7, 11) is 0. The van der Waals surface area contributed by atoms with Gasteiger partial charge in [0.2, 0.25) is 0 Å². The van der Waals surface area contributed by atoms with Gasteiger partial charge in [0.15, 0.2) is 12.4 Å². The molecule has 1 N–H and O–H groups in total. The normalized spacial score (nSPS) is 14.7. The average molecular weight is 469 g/mol. The first-order valence-corrected chi connectivity index (χ1v) is 12.1. The molecular weight excluding hydrogens is 436 g/mol. The molecule has 0 aromatic heterocycles. The number of carbonyl (C=O) groups is 2. The summed E-state index contributed by atoms with van der Waals surface area (Å²) < 4.78 is 5.66. The first-order chi connectivity index (χ1) is 17.0. The predicted octanol–water partition coefficient (Wildman–Crippen LogP) is 5.05. The minimum Gasteiger partial charge on any atom is -0.484 e. The van der Waals surface area contributed by atoms with Gasteiger partial charge in [-0.1, -0.05) is 78.4 Å². The Hall–Kier alpha value is -3.70. The topological polar surface area (TPSA) is 58.6 Å². The number of likely N-dealkylation sites (tertiary alicyclic amines) is 1. The Morgan fingerprint density at radius 3 is 2.31 bits per heavy atom. The Bertz CT molecular complexity index is 1130. The minimum atomic E-state index is -0.0980. The molecular formula is C30H32N2O3. The molecule has 0 unspecified atom stereocenters. The van der Waals surface area contributed by atoms with Crippen LogP contribution in [0.4, 0.5) is 0 Å². The Morgan fingerprint density at radius 2 is 1.63 bits per heavy atom. The Balaban J connectivity index is 1.17. The van der Waals surface area contributed by atoms with Crippen LogP contribution in [0.5, 0.6) is 5.75 Å². The van der Waals surface area contributed by atoms with Crippen molar-refractivity contribution in [2.24, 2.45) is 0 Å². The predicted molar refractivity (Wildman–Crippen MR) is 139 cm³/mol. The maximum atomic E-state index is 12.4. The van der Waals surface area contributed by atoms with E-state index in [2.05, 4.69) is 34.5 Å². The monoisotopic (exact) mass is 468 g/mol. The van der Waals surface area contributed by atoms with Crippen LogP contribution in [0.1, 0.15) is 39.9 Å². The molecule has 3 aromatic rings. The van der Waals surface area contributed by atoms with Gasteiger partial charge in [0.25, 0.3) is 5.91 Å². The molecule has 0 saturated carbocycles. The number of ether oxygens (including phenoxy) is 1. The summed E-state index contributed by atoms with van der Waals surface area (Å²) in [6.07, 6.45) is 5.24. The van der Waals surface area contributed by atoms with Crippen LogP contribution in [-0.2, 0) is 11.3 Å². The van der Waals surface area contributed by atoms with Crippen molar-refractivity contribution < 1.29 is 14.3 Å². The molecule has 0 atom stereocenters. The van der Waals surface area contributed by atoms with Gasteiger partial charge in [0.1, 0.15) is 5.75 Å². The van der Waals surface area contributed by atoms with E-state index in [4.69, 9.17) is 4.74 Å². The SMILES string of the molecule is Cc1ccc(C(=O)C=Cc2ccc(OCC(=O)NC3CCN(Cc4ccccc4)CC3)cc2)cc1. The van der Waals surface area contributed by atoms with E-state index in [9.17, 15) is 9.59 Å². The van der Waals surface area contributed by atoms with Crippen LogP contribution >= 0.6 is 0 Å². The lowest BCUT2D eigenvalue weighted by molar-refractivity contribution is -0.124. The Morgan fingerprint density at radius 1 is 0.943 bits per heavy atom. The van der Waals surface area contributed by atoms with Gasteiger partial charge in [-0.2, -0.15) is 0 Å². The van der Waals surface area contributed by atoms with Crippen LogP contribution in [-0.4, -0.2) is 42.3 Å². The number of nitrogens with one attached hydrogen (secondary N) is 1. The third-order valence-electron chi connectivity index (χ3n) is 6.21. The second-order valence-electron chi connectivity index (χ2n) is 9.02. The summed E-state index contributed by atoms with van der Waals surface area (Å²) in [6, 6.07) is 25.6. The van der Waals surface area contributed by atoms with E-state index in [1.165, 1.54) is 5.56 Å². The van der Waals surface area contributed by atoms with Crippen molar-refractivity contribution in [2.45, 2.75) is 32.4 Å². The number of piperidine rings is 1.